The van der Waals surface area contributed by atoms with Gasteiger partial charge in [-0.3, -0.25) is 9.20 Å². The SMILES string of the molecule is O=C(/C=C/c1c(Cl)nc2ccccn12)O[C@@H](C(=O)N1CCCC1)c1ccccc1. The molecule has 1 amide bonds. The summed E-state index contributed by atoms with van der Waals surface area (Å²) in [6, 6.07) is 14.6. The first kappa shape index (κ1) is 19.2. The molecule has 0 unspecified atom stereocenters. The molecule has 4 rings (SSSR count). The molecule has 0 N–H and O–H groups in total. The van der Waals surface area contributed by atoms with Gasteiger partial charge in [-0.2, -0.15) is 0 Å². The summed E-state index contributed by atoms with van der Waals surface area (Å²) in [5.74, 6) is -0.809. The zero-order valence-electron chi connectivity index (χ0n) is 15.7. The summed E-state index contributed by atoms with van der Waals surface area (Å²) in [5, 5.41) is 0.285. The van der Waals surface area contributed by atoms with Crippen molar-refractivity contribution in [2.45, 2.75) is 18.9 Å². The molecular formula is C22H20ClN3O3. The van der Waals surface area contributed by atoms with Gasteiger partial charge >= 0.3 is 5.97 Å². The quantitative estimate of drug-likeness (QED) is 0.473. The lowest BCUT2D eigenvalue weighted by atomic mass is 10.1. The summed E-state index contributed by atoms with van der Waals surface area (Å²) in [6.45, 7) is 1.37. The second kappa shape index (κ2) is 8.49. The van der Waals surface area contributed by atoms with E-state index in [1.165, 1.54) is 6.08 Å². The first-order chi connectivity index (χ1) is 14.1. The van der Waals surface area contributed by atoms with Gasteiger partial charge in [0.15, 0.2) is 5.15 Å². The van der Waals surface area contributed by atoms with Crippen LogP contribution >= 0.6 is 11.6 Å². The predicted molar refractivity (Wildman–Crippen MR) is 110 cm³/mol. The number of halogens is 1. The van der Waals surface area contributed by atoms with Crippen LogP contribution in [-0.2, 0) is 14.3 Å². The molecule has 0 radical (unpaired) electrons. The summed E-state index contributed by atoms with van der Waals surface area (Å²) in [5.41, 5.74) is 1.90. The first-order valence-electron chi connectivity index (χ1n) is 9.48. The van der Waals surface area contributed by atoms with E-state index in [0.717, 1.165) is 12.8 Å². The number of hydrogen-bond acceptors (Lipinski definition) is 4. The third-order valence-corrected chi connectivity index (χ3v) is 5.16. The molecule has 0 spiro atoms. The molecule has 3 heterocycles. The monoisotopic (exact) mass is 409 g/mol. The van der Waals surface area contributed by atoms with Crippen LogP contribution in [0.3, 0.4) is 0 Å². The van der Waals surface area contributed by atoms with E-state index >= 15 is 0 Å². The number of likely N-dealkylation sites (tertiary alicyclic amines) is 1. The number of carbonyl (C=O) groups excluding carboxylic acids is 2. The van der Waals surface area contributed by atoms with Gasteiger partial charge in [0.2, 0.25) is 6.10 Å². The normalized spacial score (nSPS) is 15.1. The molecule has 1 saturated heterocycles. The Kier molecular flexibility index (Phi) is 5.62. The number of pyridine rings is 1. The Hall–Kier alpha value is -3.12. The maximum absolute atomic E-state index is 12.9. The standard InChI is InChI=1S/C22H20ClN3O3/c23-21-17(26-15-5-4-10-18(26)24-21)11-12-19(27)29-20(16-8-2-1-3-9-16)22(28)25-13-6-7-14-25/h1-5,8-12,15,20H,6-7,13-14H2/b12-11+/t20-/m1/s1. The smallest absolute Gasteiger partial charge is 0.331 e. The Bertz CT molecular complexity index is 1060. The van der Waals surface area contributed by atoms with Gasteiger partial charge in [-0.25, -0.2) is 9.78 Å². The molecule has 2 aromatic heterocycles. The Morgan fingerprint density at radius 1 is 1.07 bits per heavy atom. The Morgan fingerprint density at radius 3 is 2.55 bits per heavy atom. The van der Waals surface area contributed by atoms with E-state index in [-0.39, 0.29) is 11.1 Å². The van der Waals surface area contributed by atoms with Gasteiger partial charge in [-0.1, -0.05) is 48.0 Å². The van der Waals surface area contributed by atoms with E-state index in [1.54, 1.807) is 27.5 Å². The van der Waals surface area contributed by atoms with E-state index in [0.29, 0.717) is 30.0 Å². The lowest BCUT2D eigenvalue weighted by molar-refractivity contribution is -0.156. The van der Waals surface area contributed by atoms with Crippen LogP contribution in [0.2, 0.25) is 5.15 Å². The number of ether oxygens (including phenoxy) is 1. The van der Waals surface area contributed by atoms with Crippen LogP contribution in [0.15, 0.2) is 60.8 Å². The van der Waals surface area contributed by atoms with E-state index in [4.69, 9.17) is 16.3 Å². The minimum atomic E-state index is -0.968. The van der Waals surface area contributed by atoms with Crippen LogP contribution in [0.5, 0.6) is 0 Å². The molecule has 1 fully saturated rings. The number of imidazole rings is 1. The van der Waals surface area contributed by atoms with Gasteiger partial charge < -0.3 is 9.64 Å². The van der Waals surface area contributed by atoms with E-state index in [1.807, 2.05) is 42.6 Å². The third-order valence-electron chi connectivity index (χ3n) is 4.88. The minimum absolute atomic E-state index is 0.191. The molecule has 1 aliphatic heterocycles. The number of rotatable bonds is 5. The molecule has 1 aliphatic rings. The topological polar surface area (TPSA) is 63.9 Å². The van der Waals surface area contributed by atoms with Crippen molar-refractivity contribution in [1.82, 2.24) is 14.3 Å². The molecule has 29 heavy (non-hydrogen) atoms. The van der Waals surface area contributed by atoms with Crippen molar-refractivity contribution in [3.63, 3.8) is 0 Å². The van der Waals surface area contributed by atoms with Gasteiger partial charge in [0, 0.05) is 30.9 Å². The van der Waals surface area contributed by atoms with Crippen molar-refractivity contribution in [3.8, 4) is 0 Å². The summed E-state index contributed by atoms with van der Waals surface area (Å²) >= 11 is 6.19. The number of carbonyl (C=O) groups is 2. The summed E-state index contributed by atoms with van der Waals surface area (Å²) in [6.07, 6.45) is 5.59. The predicted octanol–water partition coefficient (Wildman–Crippen LogP) is 3.91. The van der Waals surface area contributed by atoms with Crippen LogP contribution in [0, 0.1) is 0 Å². The number of benzene rings is 1. The summed E-state index contributed by atoms with van der Waals surface area (Å²) in [7, 11) is 0. The Labute approximate surface area is 173 Å². The van der Waals surface area contributed by atoms with Crippen molar-refractivity contribution in [1.29, 1.82) is 0 Å². The van der Waals surface area contributed by atoms with Crippen LogP contribution < -0.4 is 0 Å². The third kappa shape index (κ3) is 4.17. The fourth-order valence-electron chi connectivity index (χ4n) is 3.43. The number of nitrogens with zero attached hydrogens (tertiary/aromatic N) is 3. The Morgan fingerprint density at radius 2 is 1.79 bits per heavy atom. The fraction of sp³-hybridized carbons (Fsp3) is 0.227. The van der Waals surface area contributed by atoms with Crippen LogP contribution in [0.25, 0.3) is 11.7 Å². The van der Waals surface area contributed by atoms with Crippen molar-refractivity contribution in [2.24, 2.45) is 0 Å². The van der Waals surface area contributed by atoms with Gasteiger partial charge in [0.05, 0.1) is 5.69 Å². The molecule has 6 nitrogen and oxygen atoms in total. The lowest BCUT2D eigenvalue weighted by Crippen LogP contribution is -2.34. The van der Waals surface area contributed by atoms with Gasteiger partial charge in [-0.15, -0.1) is 0 Å². The second-order valence-corrected chi connectivity index (χ2v) is 7.17. The molecule has 7 heteroatoms. The van der Waals surface area contributed by atoms with Gasteiger partial charge in [0.25, 0.3) is 5.91 Å². The fourth-order valence-corrected chi connectivity index (χ4v) is 3.67. The molecule has 0 saturated carbocycles. The molecule has 0 aliphatic carbocycles. The molecule has 1 aromatic carbocycles. The van der Waals surface area contributed by atoms with Crippen molar-refractivity contribution >= 4 is 35.2 Å². The number of fused-ring (bicyclic) bond motifs is 1. The average Bonchev–Trinajstić information content (AvgIpc) is 3.38. The van der Waals surface area contributed by atoms with Crippen LogP contribution in [0.4, 0.5) is 0 Å². The van der Waals surface area contributed by atoms with E-state index in [2.05, 4.69) is 4.98 Å². The molecular weight excluding hydrogens is 390 g/mol. The number of amides is 1. The molecule has 3 aromatic rings. The first-order valence-corrected chi connectivity index (χ1v) is 9.86. The van der Waals surface area contributed by atoms with Gasteiger partial charge in [-0.05, 0) is 31.1 Å². The van der Waals surface area contributed by atoms with E-state index < -0.39 is 12.1 Å². The van der Waals surface area contributed by atoms with Crippen molar-refractivity contribution in [2.75, 3.05) is 13.1 Å². The maximum atomic E-state index is 12.9. The highest BCUT2D eigenvalue weighted by Gasteiger charge is 2.30. The average molecular weight is 410 g/mol. The molecule has 148 valence electrons. The van der Waals surface area contributed by atoms with Crippen molar-refractivity contribution in [3.05, 3.63) is 77.2 Å². The summed E-state index contributed by atoms with van der Waals surface area (Å²) in [4.78, 5) is 31.5. The molecule has 0 bridgehead atoms. The zero-order valence-corrected chi connectivity index (χ0v) is 16.5. The Balaban J connectivity index is 1.55. The van der Waals surface area contributed by atoms with Crippen LogP contribution in [-0.4, -0.2) is 39.3 Å². The number of hydrogen-bond donors (Lipinski definition) is 0. The van der Waals surface area contributed by atoms with Crippen molar-refractivity contribution < 1.29 is 14.3 Å². The number of aromatic nitrogens is 2. The largest absolute Gasteiger partial charge is 0.444 e. The van der Waals surface area contributed by atoms with Crippen LogP contribution in [0.1, 0.15) is 30.2 Å². The highest BCUT2D eigenvalue weighted by molar-refractivity contribution is 6.31. The lowest BCUT2D eigenvalue weighted by Gasteiger charge is -2.23. The summed E-state index contributed by atoms with van der Waals surface area (Å²) < 4.78 is 7.35. The van der Waals surface area contributed by atoms with E-state index in [9.17, 15) is 9.59 Å². The zero-order chi connectivity index (χ0) is 20.2. The maximum Gasteiger partial charge on any atom is 0.331 e. The molecule has 1 atom stereocenters. The highest BCUT2D eigenvalue weighted by Crippen LogP contribution is 2.24. The highest BCUT2D eigenvalue weighted by atomic mass is 35.5. The van der Waals surface area contributed by atoms with Gasteiger partial charge in [0.1, 0.15) is 5.65 Å². The minimum Gasteiger partial charge on any atom is -0.444 e. The number of esters is 1. The second-order valence-electron chi connectivity index (χ2n) is 6.81.